The molecule has 2 aromatic heterocycles. The van der Waals surface area contributed by atoms with Crippen molar-refractivity contribution in [3.05, 3.63) is 94.3 Å². The number of carbonyl (C=O) groups is 5. The maximum atomic E-state index is 14.0. The summed E-state index contributed by atoms with van der Waals surface area (Å²) in [5.41, 5.74) is 24.7. The zero-order chi connectivity index (χ0) is 38.9. The molecule has 3 heterocycles. The van der Waals surface area contributed by atoms with Crippen molar-refractivity contribution in [3.63, 3.8) is 0 Å². The van der Waals surface area contributed by atoms with E-state index in [1.807, 2.05) is 30.5 Å². The fraction of sp³-hybridized carbons (Fsp3) is 0.325. The highest BCUT2D eigenvalue weighted by molar-refractivity contribution is 6.06. The number of aryl methyl sites for hydroxylation is 3. The fourth-order valence-corrected chi connectivity index (χ4v) is 6.46. The van der Waals surface area contributed by atoms with Crippen molar-refractivity contribution in [3.8, 4) is 22.5 Å². The Labute approximate surface area is 314 Å². The predicted octanol–water partition coefficient (Wildman–Crippen LogP) is 2.62. The average molecular weight is 734 g/mol. The van der Waals surface area contributed by atoms with Crippen molar-refractivity contribution in [2.24, 2.45) is 11.5 Å². The van der Waals surface area contributed by atoms with Crippen LogP contribution in [0.15, 0.2) is 60.8 Å². The number of hydrogen-bond acceptors (Lipinski definition) is 9. The van der Waals surface area contributed by atoms with Crippen LogP contribution in [0.2, 0.25) is 0 Å². The van der Waals surface area contributed by atoms with Crippen LogP contribution in [-0.4, -0.2) is 64.7 Å². The maximum Gasteiger partial charge on any atom is 0.255 e. The molecule has 14 nitrogen and oxygen atoms in total. The molecular weight excluding hydrogens is 686 g/mol. The SMILES string of the molecule is CCCCc1ccc(-c2cc(N)c(C(=O)N[C@@H](CCN)C(=O)Nc3c(C)cc4cc3-c3cccc(c3)CC(=O)NCC(=O)NC(C(N)=O)C4)c(C)n2)nc1. The third-order valence-corrected chi connectivity index (χ3v) is 9.25. The maximum absolute atomic E-state index is 14.0. The van der Waals surface area contributed by atoms with Crippen LogP contribution in [0, 0.1) is 13.8 Å². The number of nitrogen functional groups attached to an aromatic ring is 1. The Balaban J connectivity index is 1.43. The van der Waals surface area contributed by atoms with Gasteiger partial charge in [-0.05, 0) is 85.7 Å². The van der Waals surface area contributed by atoms with E-state index in [0.717, 1.165) is 24.8 Å². The van der Waals surface area contributed by atoms with Crippen LogP contribution in [0.4, 0.5) is 11.4 Å². The molecule has 282 valence electrons. The Hall–Kier alpha value is -6.15. The van der Waals surface area contributed by atoms with Gasteiger partial charge in [0, 0.05) is 23.9 Å². The van der Waals surface area contributed by atoms with Crippen LogP contribution in [-0.2, 0) is 38.4 Å². The topological polar surface area (TPSA) is 237 Å². The molecule has 0 fully saturated rings. The van der Waals surface area contributed by atoms with Gasteiger partial charge in [0.25, 0.3) is 5.91 Å². The molecule has 54 heavy (non-hydrogen) atoms. The van der Waals surface area contributed by atoms with Gasteiger partial charge in [-0.25, -0.2) is 0 Å². The first-order valence-electron chi connectivity index (χ1n) is 18.0. The van der Waals surface area contributed by atoms with Crippen molar-refractivity contribution in [2.75, 3.05) is 24.1 Å². The largest absolute Gasteiger partial charge is 0.398 e. The highest BCUT2D eigenvalue weighted by Gasteiger charge is 2.27. The minimum atomic E-state index is -1.05. The van der Waals surface area contributed by atoms with Crippen molar-refractivity contribution in [1.82, 2.24) is 25.9 Å². The van der Waals surface area contributed by atoms with Crippen molar-refractivity contribution >= 4 is 40.9 Å². The molecule has 10 N–H and O–H groups in total. The third kappa shape index (κ3) is 9.63. The monoisotopic (exact) mass is 733 g/mol. The molecule has 0 radical (unpaired) electrons. The lowest BCUT2D eigenvalue weighted by molar-refractivity contribution is -0.128. The lowest BCUT2D eigenvalue weighted by atomic mass is 9.93. The minimum absolute atomic E-state index is 0.00837. The van der Waals surface area contributed by atoms with Crippen LogP contribution in [0.5, 0.6) is 0 Å². The molecule has 1 aliphatic rings. The van der Waals surface area contributed by atoms with Gasteiger partial charge in [0.05, 0.1) is 41.3 Å². The van der Waals surface area contributed by atoms with Gasteiger partial charge in [0.2, 0.25) is 23.6 Å². The van der Waals surface area contributed by atoms with Crippen LogP contribution >= 0.6 is 0 Å². The van der Waals surface area contributed by atoms with E-state index in [2.05, 4.69) is 38.2 Å². The number of primary amides is 1. The van der Waals surface area contributed by atoms with Crippen molar-refractivity contribution in [1.29, 1.82) is 0 Å². The molecule has 0 spiro atoms. The zero-order valence-corrected chi connectivity index (χ0v) is 30.8. The number of nitrogens with two attached hydrogens (primary N) is 3. The summed E-state index contributed by atoms with van der Waals surface area (Å²) in [7, 11) is 0. The number of rotatable bonds is 11. The second-order valence-corrected chi connectivity index (χ2v) is 13.5. The van der Waals surface area contributed by atoms with Crippen LogP contribution in [0.3, 0.4) is 0 Å². The molecule has 0 aliphatic carbocycles. The number of pyridine rings is 2. The molecule has 4 aromatic rings. The molecule has 14 heteroatoms. The summed E-state index contributed by atoms with van der Waals surface area (Å²) in [6, 6.07) is 14.2. The summed E-state index contributed by atoms with van der Waals surface area (Å²) >= 11 is 0. The number of nitrogens with one attached hydrogen (secondary N) is 4. The second kappa shape index (κ2) is 17.6. The van der Waals surface area contributed by atoms with Gasteiger partial charge >= 0.3 is 0 Å². The van der Waals surface area contributed by atoms with E-state index in [0.29, 0.717) is 50.6 Å². The molecule has 5 rings (SSSR count). The van der Waals surface area contributed by atoms with Gasteiger partial charge in [0.1, 0.15) is 12.1 Å². The molecule has 1 aliphatic heterocycles. The lowest BCUT2D eigenvalue weighted by Crippen LogP contribution is -2.49. The fourth-order valence-electron chi connectivity index (χ4n) is 6.46. The average Bonchev–Trinajstić information content (AvgIpc) is 3.13. The van der Waals surface area contributed by atoms with Gasteiger partial charge in [0.15, 0.2) is 0 Å². The Morgan fingerprint density at radius 3 is 2.48 bits per heavy atom. The van der Waals surface area contributed by atoms with E-state index in [1.54, 1.807) is 44.2 Å². The van der Waals surface area contributed by atoms with Crippen molar-refractivity contribution < 1.29 is 24.0 Å². The summed E-state index contributed by atoms with van der Waals surface area (Å²) in [4.78, 5) is 74.4. The second-order valence-electron chi connectivity index (χ2n) is 13.5. The van der Waals surface area contributed by atoms with E-state index in [-0.39, 0.29) is 49.5 Å². The van der Waals surface area contributed by atoms with Gasteiger partial charge in [-0.3, -0.25) is 33.9 Å². The van der Waals surface area contributed by atoms with Gasteiger partial charge in [-0.1, -0.05) is 49.7 Å². The first-order chi connectivity index (χ1) is 25.9. The van der Waals surface area contributed by atoms with Crippen molar-refractivity contribution in [2.45, 2.75) is 71.4 Å². The minimum Gasteiger partial charge on any atom is -0.398 e. The smallest absolute Gasteiger partial charge is 0.255 e. The molecule has 1 unspecified atom stereocenters. The van der Waals surface area contributed by atoms with Crippen LogP contribution in [0.25, 0.3) is 22.5 Å². The third-order valence-electron chi connectivity index (χ3n) is 9.25. The molecule has 2 aromatic carbocycles. The summed E-state index contributed by atoms with van der Waals surface area (Å²) in [5, 5.41) is 11.0. The number of amides is 5. The lowest BCUT2D eigenvalue weighted by Gasteiger charge is -2.23. The van der Waals surface area contributed by atoms with Gasteiger partial charge in [-0.2, -0.15) is 0 Å². The summed E-state index contributed by atoms with van der Waals surface area (Å²) < 4.78 is 0. The number of hydrogen-bond donors (Lipinski definition) is 7. The van der Waals surface area contributed by atoms with E-state index in [1.165, 1.54) is 0 Å². The standard InChI is InChI=1S/C40H47N9O5/c1-4-5-7-24-10-11-30(44-20-24)32-19-29(42)36(23(3)46-32)40(54)48-31(12-13-41)39(53)49-37-22(2)14-26-16-28(37)27-9-6-8-25(15-27)18-34(50)45-21-35(51)47-33(17-26)38(43)52/h6,8-11,14-16,19-20,31,33H,4-5,7,12-13,17-18,21,41H2,1-3H3,(H2,42,46)(H2,43,52)(H,45,50)(H,47,51)(H,48,54)(H,49,53)/t31-,33?/m0/s1. The summed E-state index contributed by atoms with van der Waals surface area (Å²) in [5.74, 6) is -2.79. The van der Waals surface area contributed by atoms with Crippen LogP contribution in [0.1, 0.15) is 64.5 Å². The normalized spacial score (nSPS) is 14.9. The molecule has 0 saturated heterocycles. The predicted molar refractivity (Wildman–Crippen MR) is 207 cm³/mol. The number of nitrogens with zero attached hydrogens (tertiary/aromatic N) is 2. The molecule has 5 amide bonds. The van der Waals surface area contributed by atoms with E-state index in [9.17, 15) is 24.0 Å². The number of anilines is 2. The van der Waals surface area contributed by atoms with E-state index in [4.69, 9.17) is 17.2 Å². The first-order valence-corrected chi connectivity index (χ1v) is 18.0. The quantitative estimate of drug-likeness (QED) is 0.120. The molecule has 4 bridgehead atoms. The Kier molecular flexibility index (Phi) is 12.7. The zero-order valence-electron chi connectivity index (χ0n) is 30.8. The molecule has 2 atom stereocenters. The Bertz CT molecular complexity index is 2040. The molecule has 0 saturated carbocycles. The first kappa shape index (κ1) is 39.1. The van der Waals surface area contributed by atoms with Crippen LogP contribution < -0.4 is 38.5 Å². The Morgan fingerprint density at radius 1 is 1.00 bits per heavy atom. The number of unbranched alkanes of at least 4 members (excludes halogenated alkanes) is 1. The number of carbonyl (C=O) groups excluding carboxylic acids is 5. The Morgan fingerprint density at radius 2 is 1.80 bits per heavy atom. The van der Waals surface area contributed by atoms with Gasteiger partial charge < -0.3 is 38.5 Å². The van der Waals surface area contributed by atoms with E-state index >= 15 is 0 Å². The molecular formula is C40H47N9O5. The summed E-state index contributed by atoms with van der Waals surface area (Å²) in [6.07, 6.45) is 5.09. The van der Waals surface area contributed by atoms with E-state index < -0.39 is 35.7 Å². The highest BCUT2D eigenvalue weighted by Crippen LogP contribution is 2.34. The van der Waals surface area contributed by atoms with Gasteiger partial charge in [-0.15, -0.1) is 0 Å². The number of benzene rings is 2. The summed E-state index contributed by atoms with van der Waals surface area (Å²) in [6.45, 7) is 5.39. The number of fused-ring (bicyclic) bond motifs is 5. The number of aromatic nitrogens is 2. The highest BCUT2D eigenvalue weighted by atomic mass is 16.2.